The number of carbonyl (C=O) groups excluding carboxylic acids is 1. The quantitative estimate of drug-likeness (QED) is 0.845. The molecule has 1 aliphatic rings. The molecule has 1 aliphatic carbocycles. The largest absolute Gasteiger partial charge is 0.369 e. The van der Waals surface area contributed by atoms with E-state index in [1.54, 1.807) is 12.1 Å². The second kappa shape index (κ2) is 7.96. The molecule has 0 aliphatic heterocycles. The molecule has 1 heterocycles. The Morgan fingerprint density at radius 1 is 1.14 bits per heavy atom. The highest BCUT2D eigenvalue weighted by molar-refractivity contribution is 5.92. The van der Waals surface area contributed by atoms with E-state index in [0.29, 0.717) is 17.4 Å². The zero-order valence-electron chi connectivity index (χ0n) is 13.1. The molecular formula is C16H26N4O. The van der Waals surface area contributed by atoms with E-state index in [9.17, 15) is 4.79 Å². The summed E-state index contributed by atoms with van der Waals surface area (Å²) in [5, 5.41) is 14.0. The van der Waals surface area contributed by atoms with E-state index < -0.39 is 0 Å². The first-order chi connectivity index (χ1) is 10.2. The molecule has 5 heteroatoms. The molecule has 0 atom stereocenters. The van der Waals surface area contributed by atoms with Gasteiger partial charge < -0.3 is 10.6 Å². The number of anilines is 1. The van der Waals surface area contributed by atoms with Crippen LogP contribution in [-0.4, -0.2) is 29.2 Å². The minimum absolute atomic E-state index is 0.122. The summed E-state index contributed by atoms with van der Waals surface area (Å²) in [5.74, 6) is 2.09. The Morgan fingerprint density at radius 2 is 1.86 bits per heavy atom. The summed E-state index contributed by atoms with van der Waals surface area (Å²) in [4.78, 5) is 12.0. The van der Waals surface area contributed by atoms with Crippen molar-refractivity contribution in [2.75, 3.05) is 18.4 Å². The second-order valence-electron chi connectivity index (χ2n) is 5.84. The van der Waals surface area contributed by atoms with Crippen LogP contribution < -0.4 is 10.6 Å². The predicted octanol–water partition coefficient (Wildman–Crippen LogP) is 2.85. The molecule has 0 aromatic carbocycles. The van der Waals surface area contributed by atoms with Gasteiger partial charge in [0, 0.05) is 13.1 Å². The molecule has 0 saturated heterocycles. The highest BCUT2D eigenvalue weighted by atomic mass is 16.1. The van der Waals surface area contributed by atoms with Gasteiger partial charge in [-0.05, 0) is 43.7 Å². The first-order valence-corrected chi connectivity index (χ1v) is 8.08. The minimum Gasteiger partial charge on any atom is -0.369 e. The number of hydrogen-bond donors (Lipinski definition) is 2. The smallest absolute Gasteiger partial charge is 0.271 e. The molecule has 2 N–H and O–H groups in total. The standard InChI is InChI=1S/C16H26N4O/c1-3-12-5-7-13(8-6-12)11-18-16(21)14-9-10-15(17-4-2)20-19-14/h9-10,12-13H,3-8,11H2,1-2H3,(H,17,20)(H,18,21). The van der Waals surface area contributed by atoms with Crippen LogP contribution in [0.5, 0.6) is 0 Å². The van der Waals surface area contributed by atoms with Crippen molar-refractivity contribution in [3.05, 3.63) is 17.8 Å². The highest BCUT2D eigenvalue weighted by Gasteiger charge is 2.20. The molecule has 1 saturated carbocycles. The third-order valence-electron chi connectivity index (χ3n) is 4.35. The van der Waals surface area contributed by atoms with Gasteiger partial charge in [-0.15, -0.1) is 10.2 Å². The van der Waals surface area contributed by atoms with Gasteiger partial charge in [0.25, 0.3) is 5.91 Å². The van der Waals surface area contributed by atoms with Crippen LogP contribution in [-0.2, 0) is 0 Å². The van der Waals surface area contributed by atoms with Crippen LogP contribution in [0.3, 0.4) is 0 Å². The molecule has 5 nitrogen and oxygen atoms in total. The van der Waals surface area contributed by atoms with Crippen molar-refractivity contribution in [3.63, 3.8) is 0 Å². The molecule has 21 heavy (non-hydrogen) atoms. The van der Waals surface area contributed by atoms with Crippen molar-refractivity contribution >= 4 is 11.7 Å². The van der Waals surface area contributed by atoms with E-state index in [1.165, 1.54) is 32.1 Å². The summed E-state index contributed by atoms with van der Waals surface area (Å²) in [6, 6.07) is 3.51. The van der Waals surface area contributed by atoms with Crippen LogP contribution in [0.25, 0.3) is 0 Å². The van der Waals surface area contributed by atoms with E-state index in [1.807, 2.05) is 6.92 Å². The Bertz CT molecular complexity index is 438. The molecule has 2 rings (SSSR count). The maximum absolute atomic E-state index is 12.0. The van der Waals surface area contributed by atoms with Crippen molar-refractivity contribution in [3.8, 4) is 0 Å². The molecule has 1 fully saturated rings. The molecule has 0 spiro atoms. The molecule has 1 aromatic rings. The van der Waals surface area contributed by atoms with Crippen LogP contribution in [0.1, 0.15) is 56.4 Å². The van der Waals surface area contributed by atoms with Crippen molar-refractivity contribution in [2.24, 2.45) is 11.8 Å². The lowest BCUT2D eigenvalue weighted by Gasteiger charge is -2.27. The summed E-state index contributed by atoms with van der Waals surface area (Å²) < 4.78 is 0. The highest BCUT2D eigenvalue weighted by Crippen LogP contribution is 2.30. The van der Waals surface area contributed by atoms with Gasteiger partial charge in [-0.2, -0.15) is 0 Å². The summed E-state index contributed by atoms with van der Waals surface area (Å²) in [6.45, 7) is 5.81. The Kier molecular flexibility index (Phi) is 5.96. The average molecular weight is 290 g/mol. The summed E-state index contributed by atoms with van der Waals surface area (Å²) in [6.07, 6.45) is 6.34. The fourth-order valence-corrected chi connectivity index (χ4v) is 2.90. The summed E-state index contributed by atoms with van der Waals surface area (Å²) >= 11 is 0. The lowest BCUT2D eigenvalue weighted by Crippen LogP contribution is -2.31. The first-order valence-electron chi connectivity index (χ1n) is 8.08. The van der Waals surface area contributed by atoms with Gasteiger partial charge in [0.1, 0.15) is 5.82 Å². The SMILES string of the molecule is CCNc1ccc(C(=O)NCC2CCC(CC)CC2)nn1. The van der Waals surface area contributed by atoms with Crippen LogP contribution in [0, 0.1) is 11.8 Å². The van der Waals surface area contributed by atoms with E-state index >= 15 is 0 Å². The Morgan fingerprint density at radius 3 is 2.43 bits per heavy atom. The maximum Gasteiger partial charge on any atom is 0.271 e. The lowest BCUT2D eigenvalue weighted by molar-refractivity contribution is 0.0935. The van der Waals surface area contributed by atoms with Crippen LogP contribution in [0.2, 0.25) is 0 Å². The van der Waals surface area contributed by atoms with Gasteiger partial charge in [0.2, 0.25) is 0 Å². The minimum atomic E-state index is -0.122. The number of amides is 1. The van der Waals surface area contributed by atoms with Crippen LogP contribution in [0.15, 0.2) is 12.1 Å². The first kappa shape index (κ1) is 15.7. The Hall–Kier alpha value is -1.65. The molecule has 1 amide bonds. The second-order valence-corrected chi connectivity index (χ2v) is 5.84. The van der Waals surface area contributed by atoms with E-state index in [0.717, 1.165) is 19.0 Å². The summed E-state index contributed by atoms with van der Waals surface area (Å²) in [7, 11) is 0. The number of carbonyl (C=O) groups is 1. The van der Waals surface area contributed by atoms with Gasteiger partial charge in [0.15, 0.2) is 5.69 Å². The van der Waals surface area contributed by atoms with Crippen molar-refractivity contribution in [1.82, 2.24) is 15.5 Å². The van der Waals surface area contributed by atoms with Gasteiger partial charge in [-0.25, -0.2) is 0 Å². The third-order valence-corrected chi connectivity index (χ3v) is 4.35. The third kappa shape index (κ3) is 4.69. The average Bonchev–Trinajstić information content (AvgIpc) is 2.54. The molecule has 1 aromatic heterocycles. The Labute approximate surface area is 126 Å². The topological polar surface area (TPSA) is 66.9 Å². The number of hydrogen-bond acceptors (Lipinski definition) is 4. The van der Waals surface area contributed by atoms with Crippen LogP contribution in [0.4, 0.5) is 5.82 Å². The predicted molar refractivity (Wildman–Crippen MR) is 84.3 cm³/mol. The molecule has 116 valence electrons. The zero-order chi connectivity index (χ0) is 15.1. The zero-order valence-corrected chi connectivity index (χ0v) is 13.1. The Balaban J connectivity index is 1.76. The summed E-state index contributed by atoms with van der Waals surface area (Å²) in [5.41, 5.74) is 0.388. The lowest BCUT2D eigenvalue weighted by atomic mass is 9.81. The van der Waals surface area contributed by atoms with Crippen molar-refractivity contribution in [2.45, 2.75) is 46.0 Å². The molecule has 0 bridgehead atoms. The van der Waals surface area contributed by atoms with Gasteiger partial charge in [-0.3, -0.25) is 4.79 Å². The fraction of sp³-hybridized carbons (Fsp3) is 0.688. The van der Waals surface area contributed by atoms with Gasteiger partial charge in [-0.1, -0.05) is 26.2 Å². The normalized spacial score (nSPS) is 21.8. The van der Waals surface area contributed by atoms with Gasteiger partial charge in [0.05, 0.1) is 0 Å². The number of nitrogens with one attached hydrogen (secondary N) is 2. The number of rotatable bonds is 6. The van der Waals surface area contributed by atoms with E-state index in [4.69, 9.17) is 0 Å². The maximum atomic E-state index is 12.0. The fourth-order valence-electron chi connectivity index (χ4n) is 2.90. The molecular weight excluding hydrogens is 264 g/mol. The van der Waals surface area contributed by atoms with Gasteiger partial charge >= 0.3 is 0 Å². The monoisotopic (exact) mass is 290 g/mol. The molecule has 0 radical (unpaired) electrons. The molecule has 0 unspecified atom stereocenters. The van der Waals surface area contributed by atoms with Crippen molar-refractivity contribution in [1.29, 1.82) is 0 Å². The number of nitrogens with zero attached hydrogens (tertiary/aromatic N) is 2. The van der Waals surface area contributed by atoms with Crippen molar-refractivity contribution < 1.29 is 4.79 Å². The van der Waals surface area contributed by atoms with E-state index in [-0.39, 0.29) is 5.91 Å². The van der Waals surface area contributed by atoms with Crippen LogP contribution >= 0.6 is 0 Å². The van der Waals surface area contributed by atoms with E-state index in [2.05, 4.69) is 27.8 Å². The number of aromatic nitrogens is 2.